The van der Waals surface area contributed by atoms with Crippen LogP contribution >= 0.6 is 0 Å². The Morgan fingerprint density at radius 3 is 2.65 bits per heavy atom. The van der Waals surface area contributed by atoms with E-state index in [2.05, 4.69) is 10.4 Å². The Bertz CT molecular complexity index is 740. The molecule has 0 spiro atoms. The second kappa shape index (κ2) is 8.82. The van der Waals surface area contributed by atoms with Gasteiger partial charge in [0, 0.05) is 6.54 Å². The fourth-order valence-corrected chi connectivity index (χ4v) is 2.53. The number of carbonyl (C=O) groups is 1. The van der Waals surface area contributed by atoms with Crippen LogP contribution in [0.5, 0.6) is 0 Å². The molecule has 1 aromatic heterocycles. The van der Waals surface area contributed by atoms with Crippen molar-refractivity contribution < 1.29 is 22.4 Å². The third-order valence-corrected chi connectivity index (χ3v) is 3.85. The number of rotatable bonds is 8. The van der Waals surface area contributed by atoms with Gasteiger partial charge in [0.1, 0.15) is 5.82 Å². The lowest BCUT2D eigenvalue weighted by Crippen LogP contribution is -2.26. The van der Waals surface area contributed by atoms with Crippen molar-refractivity contribution in [1.82, 2.24) is 15.1 Å². The molecule has 0 fully saturated rings. The van der Waals surface area contributed by atoms with E-state index >= 15 is 0 Å². The summed E-state index contributed by atoms with van der Waals surface area (Å²) in [5.41, 5.74) is -0.181. The molecule has 8 heteroatoms. The van der Waals surface area contributed by atoms with E-state index in [1.54, 1.807) is 6.07 Å². The SMILES string of the molecule is CCCCCn1nc(C(F)(F)F)cc1CNC(=O)Cc1cccc(F)c1. The molecule has 4 nitrogen and oxygen atoms in total. The molecule has 2 aromatic rings. The molecule has 0 aliphatic heterocycles. The first-order valence-corrected chi connectivity index (χ1v) is 8.44. The van der Waals surface area contributed by atoms with E-state index < -0.39 is 23.6 Å². The summed E-state index contributed by atoms with van der Waals surface area (Å²) in [6.07, 6.45) is -2.05. The topological polar surface area (TPSA) is 46.9 Å². The molecule has 1 N–H and O–H groups in total. The van der Waals surface area contributed by atoms with Gasteiger partial charge in [-0.3, -0.25) is 9.48 Å². The zero-order valence-corrected chi connectivity index (χ0v) is 14.4. The fraction of sp³-hybridized carbons (Fsp3) is 0.444. The summed E-state index contributed by atoms with van der Waals surface area (Å²) < 4.78 is 53.1. The summed E-state index contributed by atoms with van der Waals surface area (Å²) in [4.78, 5) is 12.0. The molecular weight excluding hydrogens is 350 g/mol. The van der Waals surface area contributed by atoms with Crippen molar-refractivity contribution in [2.75, 3.05) is 0 Å². The largest absolute Gasteiger partial charge is 0.435 e. The van der Waals surface area contributed by atoms with Crippen molar-refractivity contribution >= 4 is 5.91 Å². The molecule has 1 amide bonds. The van der Waals surface area contributed by atoms with E-state index in [1.807, 2.05) is 6.92 Å². The van der Waals surface area contributed by atoms with Gasteiger partial charge in [-0.15, -0.1) is 0 Å². The summed E-state index contributed by atoms with van der Waals surface area (Å²) in [5.74, 6) is -0.843. The maximum absolute atomic E-state index is 13.1. The number of halogens is 4. The molecule has 1 heterocycles. The molecule has 0 aliphatic rings. The number of benzene rings is 1. The lowest BCUT2D eigenvalue weighted by molar-refractivity contribution is -0.141. The molecule has 142 valence electrons. The molecule has 0 bridgehead atoms. The van der Waals surface area contributed by atoms with Gasteiger partial charge in [-0.05, 0) is 30.2 Å². The van der Waals surface area contributed by atoms with Crippen LogP contribution in [0, 0.1) is 5.82 Å². The number of carbonyl (C=O) groups excluding carboxylic acids is 1. The minimum atomic E-state index is -4.53. The molecule has 0 saturated carbocycles. The van der Waals surface area contributed by atoms with Gasteiger partial charge in [0.15, 0.2) is 5.69 Å². The minimum Gasteiger partial charge on any atom is -0.350 e. The Morgan fingerprint density at radius 1 is 1.23 bits per heavy atom. The molecule has 0 atom stereocenters. The van der Waals surface area contributed by atoms with Crippen LogP contribution in [0.15, 0.2) is 30.3 Å². The number of aryl methyl sites for hydroxylation is 1. The van der Waals surface area contributed by atoms with Gasteiger partial charge in [-0.25, -0.2) is 4.39 Å². The molecule has 0 radical (unpaired) electrons. The van der Waals surface area contributed by atoms with E-state index in [1.165, 1.54) is 22.9 Å². The van der Waals surface area contributed by atoms with Crippen LogP contribution in [0.25, 0.3) is 0 Å². The molecular formula is C18H21F4N3O. The van der Waals surface area contributed by atoms with Gasteiger partial charge in [-0.2, -0.15) is 18.3 Å². The van der Waals surface area contributed by atoms with Crippen molar-refractivity contribution in [2.45, 2.75) is 51.9 Å². The third kappa shape index (κ3) is 5.86. The number of aromatic nitrogens is 2. The smallest absolute Gasteiger partial charge is 0.350 e. The summed E-state index contributed by atoms with van der Waals surface area (Å²) >= 11 is 0. The number of hydrogen-bond acceptors (Lipinski definition) is 2. The number of nitrogens with one attached hydrogen (secondary N) is 1. The third-order valence-electron chi connectivity index (χ3n) is 3.85. The van der Waals surface area contributed by atoms with Crippen LogP contribution in [-0.2, 0) is 30.5 Å². The van der Waals surface area contributed by atoms with Crippen molar-refractivity contribution in [1.29, 1.82) is 0 Å². The number of alkyl halides is 3. The lowest BCUT2D eigenvalue weighted by Gasteiger charge is -2.09. The monoisotopic (exact) mass is 371 g/mol. The van der Waals surface area contributed by atoms with Gasteiger partial charge in [0.25, 0.3) is 0 Å². The minimum absolute atomic E-state index is 0.0478. The van der Waals surface area contributed by atoms with Crippen molar-refractivity contribution in [3.63, 3.8) is 0 Å². The first-order valence-electron chi connectivity index (χ1n) is 8.44. The average molecular weight is 371 g/mol. The number of amides is 1. The molecule has 2 rings (SSSR count). The Labute approximate surface area is 149 Å². The molecule has 1 aromatic carbocycles. The van der Waals surface area contributed by atoms with E-state index in [0.29, 0.717) is 24.2 Å². The standard InChI is InChI=1S/C18H21F4N3O/c1-2-3-4-8-25-15(11-16(24-25)18(20,21)22)12-23-17(26)10-13-6-5-7-14(19)9-13/h5-7,9,11H,2-4,8,10,12H2,1H3,(H,23,26). The second-order valence-electron chi connectivity index (χ2n) is 6.03. The molecule has 0 unspecified atom stereocenters. The van der Waals surface area contributed by atoms with E-state index in [-0.39, 0.29) is 13.0 Å². The van der Waals surface area contributed by atoms with Crippen molar-refractivity contribution in [3.8, 4) is 0 Å². The summed E-state index contributed by atoms with van der Waals surface area (Å²) in [6.45, 7) is 2.29. The van der Waals surface area contributed by atoms with Gasteiger partial charge >= 0.3 is 6.18 Å². The number of unbranched alkanes of at least 4 members (excludes halogenated alkanes) is 2. The maximum Gasteiger partial charge on any atom is 0.435 e. The first-order chi connectivity index (χ1) is 12.3. The summed E-state index contributed by atoms with van der Waals surface area (Å²) in [7, 11) is 0. The van der Waals surface area contributed by atoms with Crippen LogP contribution in [0.3, 0.4) is 0 Å². The van der Waals surface area contributed by atoms with Crippen LogP contribution in [-0.4, -0.2) is 15.7 Å². The summed E-state index contributed by atoms with van der Waals surface area (Å²) in [6, 6.07) is 6.58. The zero-order valence-electron chi connectivity index (χ0n) is 14.4. The van der Waals surface area contributed by atoms with Crippen LogP contribution < -0.4 is 5.32 Å². The maximum atomic E-state index is 13.1. The zero-order chi connectivity index (χ0) is 19.2. The van der Waals surface area contributed by atoms with Gasteiger partial charge in [0.2, 0.25) is 5.91 Å². The summed E-state index contributed by atoms with van der Waals surface area (Å²) in [5, 5.41) is 6.19. The van der Waals surface area contributed by atoms with Crippen LogP contribution in [0.2, 0.25) is 0 Å². The highest BCUT2D eigenvalue weighted by atomic mass is 19.4. The molecule has 0 aliphatic carbocycles. The average Bonchev–Trinajstić information content (AvgIpc) is 2.97. The second-order valence-corrected chi connectivity index (χ2v) is 6.03. The number of nitrogens with zero attached hydrogens (tertiary/aromatic N) is 2. The van der Waals surface area contributed by atoms with Crippen LogP contribution in [0.4, 0.5) is 17.6 Å². The number of hydrogen-bond donors (Lipinski definition) is 1. The Kier molecular flexibility index (Phi) is 6.76. The van der Waals surface area contributed by atoms with Gasteiger partial charge in [-0.1, -0.05) is 31.9 Å². The highest BCUT2D eigenvalue weighted by molar-refractivity contribution is 5.78. The van der Waals surface area contributed by atoms with Crippen LogP contribution in [0.1, 0.15) is 43.1 Å². The highest BCUT2D eigenvalue weighted by Crippen LogP contribution is 2.28. The first kappa shape index (κ1) is 19.9. The van der Waals surface area contributed by atoms with E-state index in [9.17, 15) is 22.4 Å². The van der Waals surface area contributed by atoms with E-state index in [0.717, 1.165) is 18.9 Å². The highest BCUT2D eigenvalue weighted by Gasteiger charge is 2.34. The Balaban J connectivity index is 2.02. The predicted octanol–water partition coefficient (Wildman–Crippen LogP) is 4.09. The van der Waals surface area contributed by atoms with Gasteiger partial charge in [0.05, 0.1) is 18.7 Å². The fourth-order valence-electron chi connectivity index (χ4n) is 2.53. The normalized spacial score (nSPS) is 11.6. The van der Waals surface area contributed by atoms with Crippen molar-refractivity contribution in [3.05, 3.63) is 53.1 Å². The van der Waals surface area contributed by atoms with E-state index in [4.69, 9.17) is 0 Å². The lowest BCUT2D eigenvalue weighted by atomic mass is 10.1. The predicted molar refractivity (Wildman–Crippen MR) is 88.7 cm³/mol. The molecule has 0 saturated heterocycles. The Morgan fingerprint density at radius 2 is 2.00 bits per heavy atom. The van der Waals surface area contributed by atoms with Gasteiger partial charge < -0.3 is 5.32 Å². The quantitative estimate of drug-likeness (QED) is 0.561. The Hall–Kier alpha value is -2.38. The van der Waals surface area contributed by atoms with Crippen molar-refractivity contribution in [2.24, 2.45) is 0 Å². The molecule has 26 heavy (non-hydrogen) atoms.